The Bertz CT molecular complexity index is 417. The van der Waals surface area contributed by atoms with Gasteiger partial charge >= 0.3 is 0 Å². The quantitative estimate of drug-likeness (QED) is 0.731. The Morgan fingerprint density at radius 2 is 1.79 bits per heavy atom. The summed E-state index contributed by atoms with van der Waals surface area (Å²) in [5, 5.41) is 1.61. The highest BCUT2D eigenvalue weighted by molar-refractivity contribution is 6.88. The third-order valence-electron chi connectivity index (χ3n) is 5.17. The van der Waals surface area contributed by atoms with Gasteiger partial charge in [-0.05, 0) is 35.7 Å². The van der Waals surface area contributed by atoms with Crippen molar-refractivity contribution in [1.29, 1.82) is 0 Å². The van der Waals surface area contributed by atoms with Crippen LogP contribution in [0.2, 0.25) is 11.6 Å². The van der Waals surface area contributed by atoms with Crippen molar-refractivity contribution in [3.05, 3.63) is 29.8 Å². The van der Waals surface area contributed by atoms with Gasteiger partial charge in [-0.25, -0.2) is 0 Å². The fraction of sp³-hybridized carbons (Fsp3) is 0.647. The lowest BCUT2D eigenvalue weighted by molar-refractivity contribution is 0.258. The first-order valence-electron chi connectivity index (χ1n) is 8.03. The first kappa shape index (κ1) is 13.4. The molecule has 19 heavy (non-hydrogen) atoms. The summed E-state index contributed by atoms with van der Waals surface area (Å²) in [6.07, 6.45) is 9.78. The molecular weight excluding hydrogens is 248 g/mol. The van der Waals surface area contributed by atoms with Gasteiger partial charge in [-0.1, -0.05) is 62.8 Å². The van der Waals surface area contributed by atoms with Crippen LogP contribution < -0.4 is 5.19 Å². The highest BCUT2D eigenvalue weighted by atomic mass is 28.4. The maximum Gasteiger partial charge on any atom is 0.227 e. The molecule has 3 rings (SSSR count). The fourth-order valence-corrected chi connectivity index (χ4v) is 9.59. The van der Waals surface area contributed by atoms with Gasteiger partial charge in [0.1, 0.15) is 0 Å². The second-order valence-electron chi connectivity index (χ2n) is 6.34. The molecule has 1 saturated carbocycles. The Morgan fingerprint density at radius 1 is 1.00 bits per heavy atom. The van der Waals surface area contributed by atoms with Gasteiger partial charge in [0.2, 0.25) is 8.32 Å². The van der Waals surface area contributed by atoms with E-state index in [2.05, 4.69) is 31.2 Å². The van der Waals surface area contributed by atoms with Crippen molar-refractivity contribution in [3.8, 4) is 0 Å². The van der Waals surface area contributed by atoms with Crippen molar-refractivity contribution < 1.29 is 4.43 Å². The van der Waals surface area contributed by atoms with Crippen LogP contribution in [-0.2, 0) is 4.43 Å². The lowest BCUT2D eigenvalue weighted by Crippen LogP contribution is -2.57. The Balaban J connectivity index is 1.98. The lowest BCUT2D eigenvalue weighted by Gasteiger charge is -2.44. The summed E-state index contributed by atoms with van der Waals surface area (Å²) in [5.41, 5.74) is 2.35. The molecule has 1 atom stereocenters. The average Bonchev–Trinajstić information content (AvgIpc) is 2.49. The zero-order valence-corrected chi connectivity index (χ0v) is 13.2. The monoisotopic (exact) mass is 274 g/mol. The van der Waals surface area contributed by atoms with Gasteiger partial charge in [0.05, 0.1) is 0 Å². The van der Waals surface area contributed by atoms with E-state index in [1.807, 2.05) is 0 Å². The van der Waals surface area contributed by atoms with Crippen LogP contribution in [0, 0.1) is 6.92 Å². The molecule has 1 aromatic carbocycles. The van der Waals surface area contributed by atoms with Crippen LogP contribution in [0.3, 0.4) is 0 Å². The molecule has 0 N–H and O–H groups in total. The summed E-state index contributed by atoms with van der Waals surface area (Å²) in [6.45, 7) is 3.29. The zero-order valence-electron chi connectivity index (χ0n) is 12.2. The molecule has 104 valence electrons. The zero-order chi connectivity index (χ0) is 13.1. The molecule has 1 unspecified atom stereocenters. The van der Waals surface area contributed by atoms with Crippen LogP contribution in [0.25, 0.3) is 0 Å². The molecule has 1 aliphatic heterocycles. The van der Waals surface area contributed by atoms with Crippen LogP contribution in [-0.4, -0.2) is 14.9 Å². The summed E-state index contributed by atoms with van der Waals surface area (Å²) >= 11 is 0. The minimum atomic E-state index is -1.70. The van der Waals surface area contributed by atoms with Crippen molar-refractivity contribution in [2.45, 2.75) is 63.5 Å². The topological polar surface area (TPSA) is 9.23 Å². The molecule has 0 amide bonds. The predicted molar refractivity (Wildman–Crippen MR) is 83.4 cm³/mol. The predicted octanol–water partition coefficient (Wildman–Crippen LogP) is 4.29. The molecule has 1 aliphatic carbocycles. The first-order chi connectivity index (χ1) is 9.33. The van der Waals surface area contributed by atoms with Crippen LogP contribution in [0.1, 0.15) is 50.5 Å². The molecule has 2 fully saturated rings. The van der Waals surface area contributed by atoms with E-state index in [0.29, 0.717) is 0 Å². The molecule has 1 saturated heterocycles. The van der Waals surface area contributed by atoms with E-state index in [1.165, 1.54) is 56.6 Å². The summed E-state index contributed by atoms with van der Waals surface area (Å²) in [4.78, 5) is 0. The van der Waals surface area contributed by atoms with Crippen LogP contribution in [0.15, 0.2) is 24.3 Å². The van der Waals surface area contributed by atoms with Gasteiger partial charge in [-0.3, -0.25) is 0 Å². The highest BCUT2D eigenvalue weighted by Gasteiger charge is 2.46. The number of hydrogen-bond acceptors (Lipinski definition) is 1. The van der Waals surface area contributed by atoms with Crippen molar-refractivity contribution in [2.24, 2.45) is 0 Å². The van der Waals surface area contributed by atoms with Crippen LogP contribution in [0.5, 0.6) is 0 Å². The van der Waals surface area contributed by atoms with E-state index < -0.39 is 8.32 Å². The largest absolute Gasteiger partial charge is 0.412 e. The van der Waals surface area contributed by atoms with Gasteiger partial charge in [0.15, 0.2) is 0 Å². The molecule has 2 heteroatoms. The molecule has 1 heterocycles. The SMILES string of the molecule is Cc1ccccc1[Si]1(C2CCCCC2)CCCCO1. The fourth-order valence-electron chi connectivity index (χ4n) is 4.19. The minimum Gasteiger partial charge on any atom is -0.412 e. The molecule has 2 aliphatic rings. The lowest BCUT2D eigenvalue weighted by atomic mass is 10.0. The van der Waals surface area contributed by atoms with E-state index in [9.17, 15) is 0 Å². The van der Waals surface area contributed by atoms with E-state index >= 15 is 0 Å². The van der Waals surface area contributed by atoms with Crippen molar-refractivity contribution >= 4 is 13.5 Å². The summed E-state index contributed by atoms with van der Waals surface area (Å²) < 4.78 is 6.61. The first-order valence-corrected chi connectivity index (χ1v) is 10.2. The molecule has 1 aromatic rings. The van der Waals surface area contributed by atoms with Crippen molar-refractivity contribution in [1.82, 2.24) is 0 Å². The summed E-state index contributed by atoms with van der Waals surface area (Å²) in [7, 11) is -1.70. The third-order valence-corrected chi connectivity index (χ3v) is 10.4. The Kier molecular flexibility index (Phi) is 4.09. The van der Waals surface area contributed by atoms with Gasteiger partial charge < -0.3 is 4.43 Å². The van der Waals surface area contributed by atoms with E-state index in [1.54, 1.807) is 5.19 Å². The minimum absolute atomic E-state index is 0.877. The van der Waals surface area contributed by atoms with Gasteiger partial charge in [-0.2, -0.15) is 0 Å². The van der Waals surface area contributed by atoms with Crippen molar-refractivity contribution in [2.75, 3.05) is 6.61 Å². The van der Waals surface area contributed by atoms with Crippen LogP contribution in [0.4, 0.5) is 0 Å². The average molecular weight is 274 g/mol. The normalized spacial score (nSPS) is 29.3. The van der Waals surface area contributed by atoms with Gasteiger partial charge in [0.25, 0.3) is 0 Å². The second-order valence-corrected chi connectivity index (χ2v) is 10.3. The highest BCUT2D eigenvalue weighted by Crippen LogP contribution is 2.42. The standard InChI is InChI=1S/C17H26OSi/c1-15-9-5-6-12-17(15)19(14-8-7-13-18-19)16-10-3-2-4-11-16/h5-6,9,12,16H,2-4,7-8,10-11,13-14H2,1H3. The molecule has 0 bridgehead atoms. The van der Waals surface area contributed by atoms with E-state index in [4.69, 9.17) is 4.43 Å². The summed E-state index contributed by atoms with van der Waals surface area (Å²) in [5.74, 6) is 0. The summed E-state index contributed by atoms with van der Waals surface area (Å²) in [6, 6.07) is 10.4. The maximum atomic E-state index is 6.61. The third kappa shape index (κ3) is 2.53. The number of aryl methyl sites for hydroxylation is 1. The molecule has 0 spiro atoms. The smallest absolute Gasteiger partial charge is 0.227 e. The maximum absolute atomic E-state index is 6.61. The molecule has 0 radical (unpaired) electrons. The van der Waals surface area contributed by atoms with E-state index in [-0.39, 0.29) is 0 Å². The van der Waals surface area contributed by atoms with Gasteiger partial charge in [-0.15, -0.1) is 0 Å². The Hall–Kier alpha value is -0.603. The number of hydrogen-bond donors (Lipinski definition) is 0. The van der Waals surface area contributed by atoms with Crippen molar-refractivity contribution in [3.63, 3.8) is 0 Å². The Labute approximate surface area is 118 Å². The van der Waals surface area contributed by atoms with Gasteiger partial charge in [0, 0.05) is 6.61 Å². The number of benzene rings is 1. The molecule has 0 aromatic heterocycles. The van der Waals surface area contributed by atoms with E-state index in [0.717, 1.165) is 12.1 Å². The van der Waals surface area contributed by atoms with Crippen LogP contribution >= 0.6 is 0 Å². The second kappa shape index (κ2) is 5.80. The molecule has 1 nitrogen and oxygen atoms in total. The Morgan fingerprint density at radius 3 is 2.47 bits per heavy atom. The number of rotatable bonds is 2. The molecular formula is C17H26OSi.